The van der Waals surface area contributed by atoms with E-state index in [1.54, 1.807) is 6.26 Å². The number of anilines is 1. The summed E-state index contributed by atoms with van der Waals surface area (Å²) < 4.78 is 1.32. The number of thioether (sulfide) groups is 1. The van der Waals surface area contributed by atoms with Gasteiger partial charge in [0, 0.05) is 10.2 Å². The Balaban J connectivity index is 2.65. The van der Waals surface area contributed by atoms with Crippen molar-refractivity contribution >= 4 is 55.7 Å². The Labute approximate surface area is 101 Å². The first-order valence-corrected chi connectivity index (χ1v) is 6.21. The summed E-state index contributed by atoms with van der Waals surface area (Å²) in [5.41, 5.74) is 0.745. The van der Waals surface area contributed by atoms with Gasteiger partial charge in [-0.1, -0.05) is 28.1 Å². The number of nitrogens with one attached hydrogen (secondary N) is 1. The van der Waals surface area contributed by atoms with Crippen LogP contribution in [0.25, 0.3) is 0 Å². The molecule has 1 rings (SSSR count). The Morgan fingerprint density at radius 1 is 1.43 bits per heavy atom. The molecule has 14 heavy (non-hydrogen) atoms. The third-order valence-electron chi connectivity index (χ3n) is 1.47. The molecule has 0 saturated heterocycles. The molecule has 0 fully saturated rings. The minimum atomic E-state index is -0.227. The first-order chi connectivity index (χ1) is 6.63. The van der Waals surface area contributed by atoms with Crippen LogP contribution in [0.4, 0.5) is 5.69 Å². The minimum Gasteiger partial charge on any atom is -0.321 e. The summed E-state index contributed by atoms with van der Waals surface area (Å²) in [6.07, 6.45) is 1.78. The molecule has 5 heteroatoms. The molecule has 0 bridgehead atoms. The van der Waals surface area contributed by atoms with E-state index in [4.69, 9.17) is 12.2 Å². The molecule has 0 spiro atoms. The summed E-state index contributed by atoms with van der Waals surface area (Å²) in [5.74, 6) is -0.227. The maximum Gasteiger partial charge on any atom is 0.273 e. The topological polar surface area (TPSA) is 29.1 Å². The van der Waals surface area contributed by atoms with Crippen molar-refractivity contribution in [1.82, 2.24) is 0 Å². The van der Waals surface area contributed by atoms with Crippen molar-refractivity contribution in [3.8, 4) is 0 Å². The molecule has 0 atom stereocenters. The summed E-state index contributed by atoms with van der Waals surface area (Å²) in [6, 6.07) is 7.34. The molecule has 0 aliphatic carbocycles. The standard InChI is InChI=1S/C9H8BrNOS2/c1-14-9(13)8(12)11-7-4-2-6(10)3-5-7/h2-5H,1H3,(H,11,12). The predicted molar refractivity (Wildman–Crippen MR) is 68.9 cm³/mol. The van der Waals surface area contributed by atoms with E-state index in [2.05, 4.69) is 21.2 Å². The molecule has 74 valence electrons. The summed E-state index contributed by atoms with van der Waals surface area (Å²) in [5, 5.41) is 2.70. The SMILES string of the molecule is CSC(=S)C(=O)Nc1ccc(Br)cc1. The van der Waals surface area contributed by atoms with Gasteiger partial charge in [-0.2, -0.15) is 0 Å². The number of carbonyl (C=O) groups is 1. The number of benzene rings is 1. The molecule has 0 unspecified atom stereocenters. The highest BCUT2D eigenvalue weighted by Gasteiger charge is 2.07. The number of carbonyl (C=O) groups excluding carboxylic acids is 1. The Hall–Kier alpha value is -0.390. The van der Waals surface area contributed by atoms with E-state index in [1.807, 2.05) is 24.3 Å². The zero-order valence-electron chi connectivity index (χ0n) is 7.41. The maximum absolute atomic E-state index is 11.3. The van der Waals surface area contributed by atoms with Crippen LogP contribution in [0.2, 0.25) is 0 Å². The highest BCUT2D eigenvalue weighted by Crippen LogP contribution is 2.14. The molecule has 0 aliphatic heterocycles. The summed E-state index contributed by atoms with van der Waals surface area (Å²) >= 11 is 9.42. The van der Waals surface area contributed by atoms with Gasteiger partial charge in [-0.3, -0.25) is 4.79 Å². The lowest BCUT2D eigenvalue weighted by atomic mass is 10.3. The summed E-state index contributed by atoms with van der Waals surface area (Å²) in [4.78, 5) is 11.3. The van der Waals surface area contributed by atoms with E-state index in [1.165, 1.54) is 11.8 Å². The Bertz CT molecular complexity index is 350. The first-order valence-electron chi connectivity index (χ1n) is 3.78. The lowest BCUT2D eigenvalue weighted by Gasteiger charge is -2.03. The van der Waals surface area contributed by atoms with Crippen LogP contribution in [-0.2, 0) is 4.79 Å². The number of halogens is 1. The molecule has 2 nitrogen and oxygen atoms in total. The van der Waals surface area contributed by atoms with Gasteiger partial charge in [-0.15, -0.1) is 11.8 Å². The molecule has 1 amide bonds. The fourth-order valence-electron chi connectivity index (χ4n) is 0.808. The summed E-state index contributed by atoms with van der Waals surface area (Å²) in [7, 11) is 0. The fourth-order valence-corrected chi connectivity index (χ4v) is 1.36. The van der Waals surface area contributed by atoms with Crippen LogP contribution in [0.5, 0.6) is 0 Å². The van der Waals surface area contributed by atoms with Crippen molar-refractivity contribution in [3.05, 3.63) is 28.7 Å². The molecular weight excluding hydrogens is 282 g/mol. The largest absolute Gasteiger partial charge is 0.321 e. The van der Waals surface area contributed by atoms with Crippen molar-refractivity contribution in [2.45, 2.75) is 0 Å². The highest BCUT2D eigenvalue weighted by molar-refractivity contribution is 9.10. The third-order valence-corrected chi connectivity index (χ3v) is 3.24. The van der Waals surface area contributed by atoms with Crippen LogP contribution in [0.3, 0.4) is 0 Å². The number of hydrogen-bond donors (Lipinski definition) is 1. The van der Waals surface area contributed by atoms with E-state index < -0.39 is 0 Å². The van der Waals surface area contributed by atoms with E-state index in [-0.39, 0.29) is 5.91 Å². The minimum absolute atomic E-state index is 0.227. The zero-order chi connectivity index (χ0) is 10.6. The van der Waals surface area contributed by atoms with E-state index in [0.29, 0.717) is 4.20 Å². The normalized spacial score (nSPS) is 9.57. The lowest BCUT2D eigenvalue weighted by molar-refractivity contribution is -0.109. The van der Waals surface area contributed by atoms with Crippen molar-refractivity contribution in [1.29, 1.82) is 0 Å². The van der Waals surface area contributed by atoms with Gasteiger partial charge < -0.3 is 5.32 Å². The Morgan fingerprint density at radius 3 is 2.50 bits per heavy atom. The molecule has 1 aromatic rings. The number of amides is 1. The van der Waals surface area contributed by atoms with Gasteiger partial charge in [0.05, 0.1) is 0 Å². The van der Waals surface area contributed by atoms with Crippen molar-refractivity contribution in [2.24, 2.45) is 0 Å². The molecule has 1 N–H and O–H groups in total. The second kappa shape index (κ2) is 5.48. The van der Waals surface area contributed by atoms with Crippen LogP contribution in [0, 0.1) is 0 Å². The second-order valence-electron chi connectivity index (χ2n) is 2.45. The van der Waals surface area contributed by atoms with Crippen LogP contribution in [-0.4, -0.2) is 16.4 Å². The van der Waals surface area contributed by atoms with Gasteiger partial charge in [0.15, 0.2) is 0 Å². The number of hydrogen-bond acceptors (Lipinski definition) is 3. The van der Waals surface area contributed by atoms with E-state index in [9.17, 15) is 4.79 Å². The molecule has 0 saturated carbocycles. The first kappa shape index (κ1) is 11.7. The fraction of sp³-hybridized carbons (Fsp3) is 0.111. The quantitative estimate of drug-likeness (QED) is 0.806. The third kappa shape index (κ3) is 3.40. The molecule has 0 aromatic heterocycles. The molecular formula is C9H8BrNOS2. The monoisotopic (exact) mass is 289 g/mol. The van der Waals surface area contributed by atoms with Crippen molar-refractivity contribution in [2.75, 3.05) is 11.6 Å². The molecule has 1 aromatic carbocycles. The average Bonchev–Trinajstić information content (AvgIpc) is 2.20. The maximum atomic E-state index is 11.3. The zero-order valence-corrected chi connectivity index (χ0v) is 10.6. The van der Waals surface area contributed by atoms with Crippen molar-refractivity contribution < 1.29 is 4.79 Å². The lowest BCUT2D eigenvalue weighted by Crippen LogP contribution is -2.17. The highest BCUT2D eigenvalue weighted by atomic mass is 79.9. The number of thiocarbonyl (C=S) groups is 1. The number of rotatable bonds is 1. The van der Waals surface area contributed by atoms with Gasteiger partial charge in [-0.25, -0.2) is 0 Å². The molecule has 0 heterocycles. The van der Waals surface area contributed by atoms with Gasteiger partial charge in [0.25, 0.3) is 5.91 Å². The van der Waals surface area contributed by atoms with Crippen LogP contribution >= 0.6 is 39.9 Å². The van der Waals surface area contributed by atoms with Crippen LogP contribution in [0.15, 0.2) is 28.7 Å². The van der Waals surface area contributed by atoms with Gasteiger partial charge >= 0.3 is 0 Å². The van der Waals surface area contributed by atoms with Gasteiger partial charge in [0.1, 0.15) is 4.20 Å². The average molecular weight is 290 g/mol. The molecule has 0 aliphatic rings. The Morgan fingerprint density at radius 2 is 2.00 bits per heavy atom. The Kier molecular flexibility index (Phi) is 4.57. The second-order valence-corrected chi connectivity index (χ2v) is 4.85. The van der Waals surface area contributed by atoms with Gasteiger partial charge in [-0.05, 0) is 30.5 Å². The molecule has 0 radical (unpaired) electrons. The van der Waals surface area contributed by atoms with Crippen molar-refractivity contribution in [3.63, 3.8) is 0 Å². The van der Waals surface area contributed by atoms with E-state index in [0.717, 1.165) is 10.2 Å². The van der Waals surface area contributed by atoms with E-state index >= 15 is 0 Å². The summed E-state index contributed by atoms with van der Waals surface area (Å²) in [6.45, 7) is 0. The smallest absolute Gasteiger partial charge is 0.273 e. The van der Waals surface area contributed by atoms with Gasteiger partial charge in [0.2, 0.25) is 0 Å². The van der Waals surface area contributed by atoms with Crippen LogP contribution < -0.4 is 5.32 Å². The van der Waals surface area contributed by atoms with Crippen LogP contribution in [0.1, 0.15) is 0 Å². The predicted octanol–water partition coefficient (Wildman–Crippen LogP) is 3.08.